The molecule has 0 fully saturated rings. The molecule has 0 spiro atoms. The minimum Gasteiger partial charge on any atom is -0.231 e. The molecule has 0 amide bonds. The fourth-order valence-corrected chi connectivity index (χ4v) is 1.44. The van der Waals surface area contributed by atoms with Gasteiger partial charge in [0, 0.05) is 24.6 Å². The number of rotatable bonds is 4. The number of thioether (sulfide) groups is 1. The van der Waals surface area contributed by atoms with E-state index in [-0.39, 0.29) is 0 Å². The maximum Gasteiger partial charge on any atom is 0.187 e. The predicted molar refractivity (Wildman–Crippen MR) is 50.8 cm³/mol. The van der Waals surface area contributed by atoms with Gasteiger partial charge in [0.15, 0.2) is 5.16 Å². The van der Waals surface area contributed by atoms with E-state index < -0.39 is 0 Å². The molecule has 0 atom stereocenters. The highest BCUT2D eigenvalue weighted by Gasteiger charge is 1.93. The Hall–Kier alpha value is -1.01. The van der Waals surface area contributed by atoms with Gasteiger partial charge in [0.1, 0.15) is 0 Å². The third kappa shape index (κ3) is 3.40. The number of nitrogens with zero attached hydrogens (tertiary/aromatic N) is 2. The number of terminal acetylenes is 1. The molecular formula is C9H10N2S. The van der Waals surface area contributed by atoms with Gasteiger partial charge in [-0.15, -0.1) is 12.3 Å². The van der Waals surface area contributed by atoms with Crippen molar-refractivity contribution >= 4 is 11.8 Å². The molecule has 62 valence electrons. The van der Waals surface area contributed by atoms with Crippen molar-refractivity contribution in [1.29, 1.82) is 0 Å². The molecule has 1 aromatic heterocycles. The fraction of sp³-hybridized carbons (Fsp3) is 0.333. The van der Waals surface area contributed by atoms with Crippen molar-refractivity contribution < 1.29 is 0 Å². The Bertz CT molecular complexity index is 253. The average molecular weight is 178 g/mol. The number of hydrogen-bond acceptors (Lipinski definition) is 3. The molecule has 0 radical (unpaired) electrons. The molecule has 0 aromatic carbocycles. The van der Waals surface area contributed by atoms with Gasteiger partial charge in [-0.25, -0.2) is 9.97 Å². The van der Waals surface area contributed by atoms with E-state index in [1.807, 2.05) is 6.07 Å². The Morgan fingerprint density at radius 3 is 2.83 bits per heavy atom. The van der Waals surface area contributed by atoms with E-state index in [1.54, 1.807) is 24.2 Å². The second-order valence-electron chi connectivity index (χ2n) is 2.19. The SMILES string of the molecule is C#CCCCSc1ncccn1. The van der Waals surface area contributed by atoms with E-state index in [0.29, 0.717) is 0 Å². The molecule has 0 aliphatic heterocycles. The Morgan fingerprint density at radius 1 is 1.42 bits per heavy atom. The quantitative estimate of drug-likeness (QED) is 0.305. The lowest BCUT2D eigenvalue weighted by atomic mass is 10.4. The van der Waals surface area contributed by atoms with E-state index in [1.165, 1.54) is 0 Å². The summed E-state index contributed by atoms with van der Waals surface area (Å²) in [6.45, 7) is 0. The highest BCUT2D eigenvalue weighted by molar-refractivity contribution is 7.99. The molecule has 1 aromatic rings. The second kappa shape index (κ2) is 5.62. The van der Waals surface area contributed by atoms with Crippen molar-refractivity contribution in [2.45, 2.75) is 18.0 Å². The highest BCUT2D eigenvalue weighted by atomic mass is 32.2. The molecule has 2 nitrogen and oxygen atoms in total. The van der Waals surface area contributed by atoms with Crippen LogP contribution in [0.15, 0.2) is 23.6 Å². The summed E-state index contributed by atoms with van der Waals surface area (Å²) in [6, 6.07) is 1.81. The summed E-state index contributed by atoms with van der Waals surface area (Å²) in [4.78, 5) is 8.15. The van der Waals surface area contributed by atoms with E-state index in [2.05, 4.69) is 15.9 Å². The van der Waals surface area contributed by atoms with E-state index in [4.69, 9.17) is 6.42 Å². The lowest BCUT2D eigenvalue weighted by Crippen LogP contribution is -1.85. The first kappa shape index (κ1) is 9.08. The van der Waals surface area contributed by atoms with Crippen molar-refractivity contribution in [2.24, 2.45) is 0 Å². The molecule has 0 aliphatic carbocycles. The van der Waals surface area contributed by atoms with Gasteiger partial charge < -0.3 is 0 Å². The zero-order chi connectivity index (χ0) is 8.65. The van der Waals surface area contributed by atoms with Crippen molar-refractivity contribution in [2.75, 3.05) is 5.75 Å². The van der Waals surface area contributed by atoms with Gasteiger partial charge in [-0.05, 0) is 12.5 Å². The molecule has 0 saturated heterocycles. The molecule has 0 aliphatic rings. The Balaban J connectivity index is 2.21. The first-order valence-electron chi connectivity index (χ1n) is 3.77. The standard InChI is InChI=1S/C9H10N2S/c1-2-3-4-8-12-9-10-6-5-7-11-9/h1,5-7H,3-4,8H2. The van der Waals surface area contributed by atoms with E-state index in [9.17, 15) is 0 Å². The minimum absolute atomic E-state index is 0.828. The normalized spacial score (nSPS) is 9.25. The summed E-state index contributed by atoms with van der Waals surface area (Å²) < 4.78 is 0. The molecule has 3 heteroatoms. The highest BCUT2D eigenvalue weighted by Crippen LogP contribution is 2.12. The van der Waals surface area contributed by atoms with Gasteiger partial charge in [0.05, 0.1) is 0 Å². The maximum absolute atomic E-state index is 5.12. The monoisotopic (exact) mass is 178 g/mol. The van der Waals surface area contributed by atoms with Gasteiger partial charge in [0.25, 0.3) is 0 Å². The molecule has 0 saturated carbocycles. The van der Waals surface area contributed by atoms with Crippen LogP contribution in [0.4, 0.5) is 0 Å². The molecule has 1 rings (SSSR count). The zero-order valence-electron chi connectivity index (χ0n) is 6.73. The lowest BCUT2D eigenvalue weighted by Gasteiger charge is -1.95. The van der Waals surface area contributed by atoms with Gasteiger partial charge >= 0.3 is 0 Å². The summed E-state index contributed by atoms with van der Waals surface area (Å²) in [5, 5.41) is 0.828. The number of hydrogen-bond donors (Lipinski definition) is 0. The summed E-state index contributed by atoms with van der Waals surface area (Å²) in [5.41, 5.74) is 0. The number of aromatic nitrogens is 2. The molecule has 12 heavy (non-hydrogen) atoms. The van der Waals surface area contributed by atoms with E-state index in [0.717, 1.165) is 23.8 Å². The largest absolute Gasteiger partial charge is 0.231 e. The molecule has 1 heterocycles. The molecule has 0 bridgehead atoms. The predicted octanol–water partition coefficient (Wildman–Crippen LogP) is 1.98. The van der Waals surface area contributed by atoms with Crippen LogP contribution in [0.25, 0.3) is 0 Å². The molecule has 0 unspecified atom stereocenters. The first-order valence-corrected chi connectivity index (χ1v) is 4.75. The lowest BCUT2D eigenvalue weighted by molar-refractivity contribution is 0.948. The Morgan fingerprint density at radius 2 is 2.17 bits per heavy atom. The fourth-order valence-electron chi connectivity index (χ4n) is 0.698. The Labute approximate surface area is 76.8 Å². The minimum atomic E-state index is 0.828. The van der Waals surface area contributed by atoms with Crippen molar-refractivity contribution in [1.82, 2.24) is 9.97 Å². The van der Waals surface area contributed by atoms with Gasteiger partial charge in [-0.2, -0.15) is 0 Å². The smallest absolute Gasteiger partial charge is 0.187 e. The van der Waals surface area contributed by atoms with Crippen LogP contribution >= 0.6 is 11.8 Å². The third-order valence-electron chi connectivity index (χ3n) is 1.24. The topological polar surface area (TPSA) is 25.8 Å². The van der Waals surface area contributed by atoms with Crippen molar-refractivity contribution in [3.63, 3.8) is 0 Å². The number of unbranched alkanes of at least 4 members (excludes halogenated alkanes) is 1. The molecular weight excluding hydrogens is 168 g/mol. The van der Waals surface area contributed by atoms with Crippen LogP contribution in [0, 0.1) is 12.3 Å². The van der Waals surface area contributed by atoms with E-state index >= 15 is 0 Å². The van der Waals surface area contributed by atoms with Crippen LogP contribution in [-0.2, 0) is 0 Å². The van der Waals surface area contributed by atoms with Crippen molar-refractivity contribution in [3.8, 4) is 12.3 Å². The zero-order valence-corrected chi connectivity index (χ0v) is 7.55. The van der Waals surface area contributed by atoms with Crippen LogP contribution in [0.3, 0.4) is 0 Å². The van der Waals surface area contributed by atoms with Gasteiger partial charge in [0.2, 0.25) is 0 Å². The van der Waals surface area contributed by atoms with Crippen LogP contribution in [0.2, 0.25) is 0 Å². The average Bonchev–Trinajstić information content (AvgIpc) is 2.14. The van der Waals surface area contributed by atoms with Crippen LogP contribution in [0.5, 0.6) is 0 Å². The van der Waals surface area contributed by atoms with Crippen molar-refractivity contribution in [3.05, 3.63) is 18.5 Å². The first-order chi connectivity index (χ1) is 5.93. The summed E-state index contributed by atoms with van der Waals surface area (Å²) >= 11 is 1.64. The van der Waals surface area contributed by atoms with Crippen LogP contribution in [0.1, 0.15) is 12.8 Å². The van der Waals surface area contributed by atoms with Gasteiger partial charge in [-0.3, -0.25) is 0 Å². The molecule has 0 N–H and O–H groups in total. The Kier molecular flexibility index (Phi) is 4.25. The second-order valence-corrected chi connectivity index (χ2v) is 3.25. The maximum atomic E-state index is 5.12. The summed E-state index contributed by atoms with van der Waals surface area (Å²) in [5.74, 6) is 3.59. The van der Waals surface area contributed by atoms with Crippen LogP contribution in [-0.4, -0.2) is 15.7 Å². The summed E-state index contributed by atoms with van der Waals surface area (Å²) in [7, 11) is 0. The summed E-state index contributed by atoms with van der Waals surface area (Å²) in [6.07, 6.45) is 10.5. The third-order valence-corrected chi connectivity index (χ3v) is 2.20. The van der Waals surface area contributed by atoms with Gasteiger partial charge in [-0.1, -0.05) is 11.8 Å². The van der Waals surface area contributed by atoms with Crippen LogP contribution < -0.4 is 0 Å².